The van der Waals surface area contributed by atoms with Crippen LogP contribution >= 0.6 is 8.25 Å². The molecular weight excluding hydrogens is 430 g/mol. The second kappa shape index (κ2) is 12.0. The summed E-state index contributed by atoms with van der Waals surface area (Å²) in [6, 6.07) is 17.6. The summed E-state index contributed by atoms with van der Waals surface area (Å²) in [5.74, 6) is -1.51. The van der Waals surface area contributed by atoms with Gasteiger partial charge in [0.15, 0.2) is 0 Å². The maximum atomic E-state index is 12.3. The third-order valence-corrected chi connectivity index (χ3v) is 5.76. The Bertz CT molecular complexity index is 1070. The number of hydrogen-bond acceptors (Lipinski definition) is 5. The molecule has 0 saturated carbocycles. The molecule has 0 heterocycles. The molecule has 5 nitrogen and oxygen atoms in total. The number of benzene rings is 3. The summed E-state index contributed by atoms with van der Waals surface area (Å²) in [4.78, 5) is 24.6. The fourth-order valence-corrected chi connectivity index (χ4v) is 4.36. The van der Waals surface area contributed by atoms with E-state index in [0.29, 0.717) is 11.1 Å². The van der Waals surface area contributed by atoms with Gasteiger partial charge in [-0.2, -0.15) is 0 Å². The van der Waals surface area contributed by atoms with Gasteiger partial charge in [0, 0.05) is 0 Å². The van der Waals surface area contributed by atoms with Crippen LogP contribution in [0.1, 0.15) is 54.1 Å². The van der Waals surface area contributed by atoms with Crippen LogP contribution in [0.5, 0.6) is 0 Å². The van der Waals surface area contributed by atoms with E-state index in [1.807, 2.05) is 56.3 Å². The van der Waals surface area contributed by atoms with Crippen molar-refractivity contribution in [2.45, 2.75) is 41.5 Å². The standard InChI is InChI=1S/C20H23O5P.C6H5.Li/c1-11-7-13(3)17(14(4)8-11)19(21)24-26(23)25-20(22)18-15(5)9-12(2)10-16(18)6;1-2-4-6-5-3-1;/h7-10,26H,1-6H3;1-5H;. The number of hydrogen-bond donors (Lipinski definition) is 0. The van der Waals surface area contributed by atoms with E-state index in [1.54, 1.807) is 27.7 Å². The maximum absolute atomic E-state index is 12.3. The summed E-state index contributed by atoms with van der Waals surface area (Å²) in [5.41, 5.74) is 5.60. The average Bonchev–Trinajstić information content (AvgIpc) is 2.67. The predicted molar refractivity (Wildman–Crippen MR) is 133 cm³/mol. The van der Waals surface area contributed by atoms with Crippen molar-refractivity contribution in [1.29, 1.82) is 0 Å². The van der Waals surface area contributed by atoms with Crippen LogP contribution in [0.3, 0.4) is 0 Å². The monoisotopic (exact) mass is 458 g/mol. The summed E-state index contributed by atoms with van der Waals surface area (Å²) < 4.78 is 23.2. The van der Waals surface area contributed by atoms with Gasteiger partial charge in [-0.05, 0) is 63.8 Å². The first-order chi connectivity index (χ1) is 15.5. The molecule has 0 aliphatic rings. The molecule has 0 atom stereocenters. The second-order valence-corrected chi connectivity index (χ2v) is 9.14. The van der Waals surface area contributed by atoms with Crippen LogP contribution in [0.4, 0.5) is 0 Å². The number of carbonyl (C=O) groups excluding carboxylic acids is 2. The van der Waals surface area contributed by atoms with Crippen molar-refractivity contribution in [1.82, 2.24) is 0 Å². The first kappa shape index (κ1) is 26.7. The van der Waals surface area contributed by atoms with Gasteiger partial charge in [-0.3, -0.25) is 0 Å². The molecule has 0 saturated heterocycles. The molecule has 0 bridgehead atoms. The van der Waals surface area contributed by atoms with Crippen molar-refractivity contribution >= 4 is 42.1 Å². The van der Waals surface area contributed by atoms with Crippen LogP contribution in [-0.4, -0.2) is 29.7 Å². The summed E-state index contributed by atoms with van der Waals surface area (Å²) in [7, 11) is -3.32. The SMILES string of the molecule is Cc1cc(C)c(C(=O)O[PH](=O)OC(=O)c2c(C)cc(C)cc2C)c(C)c1.[Li][c]1ccccc1. The first-order valence-electron chi connectivity index (χ1n) is 10.6. The van der Waals surface area contributed by atoms with Gasteiger partial charge in [-0.1, -0.05) is 35.4 Å². The average molecular weight is 458 g/mol. The predicted octanol–water partition coefficient (Wildman–Crippen LogP) is 5.42. The molecule has 168 valence electrons. The molecule has 0 spiro atoms. The topological polar surface area (TPSA) is 69.7 Å². The zero-order chi connectivity index (χ0) is 24.7. The Kier molecular flexibility index (Phi) is 9.74. The molecule has 0 amide bonds. The molecule has 7 heteroatoms. The Balaban J connectivity index is 0.000000468. The number of carbonyl (C=O) groups is 2. The van der Waals surface area contributed by atoms with Crippen LogP contribution in [0.2, 0.25) is 0 Å². The van der Waals surface area contributed by atoms with E-state index in [9.17, 15) is 14.2 Å². The molecule has 3 rings (SSSR count). The Morgan fingerprint density at radius 2 is 1.00 bits per heavy atom. The zero-order valence-corrected chi connectivity index (χ0v) is 21.2. The Morgan fingerprint density at radius 3 is 1.27 bits per heavy atom. The van der Waals surface area contributed by atoms with Gasteiger partial charge in [0.25, 0.3) is 0 Å². The van der Waals surface area contributed by atoms with Gasteiger partial charge in [0.1, 0.15) is 0 Å². The minimum atomic E-state index is -3.32. The van der Waals surface area contributed by atoms with Crippen LogP contribution in [-0.2, 0) is 13.6 Å². The molecule has 0 unspecified atom stereocenters. The van der Waals surface area contributed by atoms with E-state index < -0.39 is 20.2 Å². The van der Waals surface area contributed by atoms with Crippen molar-refractivity contribution in [3.8, 4) is 0 Å². The van der Waals surface area contributed by atoms with E-state index in [2.05, 4.69) is 29.8 Å². The second-order valence-electron chi connectivity index (χ2n) is 8.23. The van der Waals surface area contributed by atoms with Crippen molar-refractivity contribution in [2.75, 3.05) is 0 Å². The summed E-state index contributed by atoms with van der Waals surface area (Å²) in [6.07, 6.45) is 0. The molecule has 0 fully saturated rings. The van der Waals surface area contributed by atoms with E-state index in [1.165, 1.54) is 4.24 Å². The number of aryl methyl sites for hydroxylation is 6. The molecule has 0 N–H and O–H groups in total. The molecule has 0 radical (unpaired) electrons. The van der Waals surface area contributed by atoms with Gasteiger partial charge in [0.05, 0.1) is 11.1 Å². The van der Waals surface area contributed by atoms with Gasteiger partial charge in [0.2, 0.25) is 0 Å². The minimum absolute atomic E-state index is 0.340. The normalized spacial score (nSPS) is 10.3. The molecule has 0 aromatic heterocycles. The molecule has 3 aromatic rings. The first-order valence-corrected chi connectivity index (χ1v) is 11.9. The molecule has 3 aromatic carbocycles. The van der Waals surface area contributed by atoms with Crippen molar-refractivity contribution in [3.63, 3.8) is 0 Å². The molecule has 0 aliphatic heterocycles. The van der Waals surface area contributed by atoms with Gasteiger partial charge in [-0.25, -0.2) is 14.2 Å². The Hall–Kier alpha value is -2.57. The fourth-order valence-electron chi connectivity index (χ4n) is 3.81. The van der Waals surface area contributed by atoms with Crippen LogP contribution in [0.15, 0.2) is 54.6 Å². The third kappa shape index (κ3) is 7.76. The van der Waals surface area contributed by atoms with Crippen molar-refractivity contribution in [3.05, 3.63) is 99.1 Å². The molecule has 0 aliphatic carbocycles. The van der Waals surface area contributed by atoms with Crippen LogP contribution in [0.25, 0.3) is 0 Å². The summed E-state index contributed by atoms with van der Waals surface area (Å²) in [5, 5.41) is 0. The van der Waals surface area contributed by atoms with E-state index in [-0.39, 0.29) is 0 Å². The van der Waals surface area contributed by atoms with Crippen LogP contribution < -0.4 is 4.24 Å². The fraction of sp³-hybridized carbons (Fsp3) is 0.231. The molecular formula is C26H28LiO5P. The summed E-state index contributed by atoms with van der Waals surface area (Å²) in [6.45, 7) is 11.0. The Labute approximate surface area is 205 Å². The van der Waals surface area contributed by atoms with E-state index in [4.69, 9.17) is 9.05 Å². The van der Waals surface area contributed by atoms with Gasteiger partial charge in [-0.15, -0.1) is 0 Å². The summed E-state index contributed by atoms with van der Waals surface area (Å²) >= 11 is 2.08. The van der Waals surface area contributed by atoms with Crippen molar-refractivity contribution in [2.24, 2.45) is 0 Å². The molecule has 33 heavy (non-hydrogen) atoms. The van der Waals surface area contributed by atoms with E-state index in [0.717, 1.165) is 33.4 Å². The van der Waals surface area contributed by atoms with Crippen LogP contribution in [0, 0.1) is 41.5 Å². The Morgan fingerprint density at radius 1 is 0.667 bits per heavy atom. The van der Waals surface area contributed by atoms with Crippen molar-refractivity contribution < 1.29 is 23.2 Å². The van der Waals surface area contributed by atoms with Gasteiger partial charge >= 0.3 is 72.5 Å². The van der Waals surface area contributed by atoms with E-state index >= 15 is 0 Å². The quantitative estimate of drug-likeness (QED) is 0.386. The third-order valence-electron chi connectivity index (χ3n) is 5.05. The number of rotatable bonds is 4. The van der Waals surface area contributed by atoms with Gasteiger partial charge < -0.3 is 9.05 Å². The zero-order valence-electron chi connectivity index (χ0n) is 20.2.